The summed E-state index contributed by atoms with van der Waals surface area (Å²) >= 11 is 0. The summed E-state index contributed by atoms with van der Waals surface area (Å²) in [4.78, 5) is 23.0. The van der Waals surface area contributed by atoms with E-state index in [0.29, 0.717) is 22.7 Å². The van der Waals surface area contributed by atoms with Gasteiger partial charge in [-0.3, -0.25) is 0 Å². The van der Waals surface area contributed by atoms with Gasteiger partial charge in [-0.2, -0.15) is 0 Å². The Kier molecular flexibility index (Phi) is 6.71. The topological polar surface area (TPSA) is 75.0 Å². The van der Waals surface area contributed by atoms with Crippen molar-refractivity contribution in [3.63, 3.8) is 0 Å². The first-order valence-electron chi connectivity index (χ1n) is 14.1. The average molecular weight is 529 g/mol. The molecule has 0 amide bonds. The molecule has 1 N–H and O–H groups in total. The number of anilines is 3. The largest absolute Gasteiger partial charge is 0.370 e. The van der Waals surface area contributed by atoms with E-state index in [0.717, 1.165) is 42.2 Å². The Hall–Kier alpha value is -3.59. The van der Waals surface area contributed by atoms with Crippen LogP contribution in [0, 0.1) is 18.2 Å². The van der Waals surface area contributed by atoms with E-state index in [4.69, 9.17) is 0 Å². The van der Waals surface area contributed by atoms with E-state index in [9.17, 15) is 4.39 Å². The average Bonchev–Trinajstić information content (AvgIpc) is 3.50. The maximum atomic E-state index is 14.9. The van der Waals surface area contributed by atoms with Crippen molar-refractivity contribution in [1.82, 2.24) is 29.4 Å². The number of pyridine rings is 1. The molecule has 2 aliphatic rings. The Balaban J connectivity index is 1.18. The van der Waals surface area contributed by atoms with Crippen LogP contribution in [0.1, 0.15) is 51.9 Å². The first-order chi connectivity index (χ1) is 18.8. The van der Waals surface area contributed by atoms with Crippen molar-refractivity contribution in [2.75, 3.05) is 42.9 Å². The van der Waals surface area contributed by atoms with Crippen LogP contribution >= 0.6 is 0 Å². The molecule has 8 nitrogen and oxygen atoms in total. The fraction of sp³-hybridized carbons (Fsp3) is 0.467. The van der Waals surface area contributed by atoms with Gasteiger partial charge in [-0.15, -0.1) is 0 Å². The van der Waals surface area contributed by atoms with Gasteiger partial charge in [0.25, 0.3) is 0 Å². The molecule has 0 atom stereocenters. The van der Waals surface area contributed by atoms with Crippen molar-refractivity contribution in [2.45, 2.75) is 53.0 Å². The number of hydrogen-bond donors (Lipinski definition) is 1. The zero-order valence-electron chi connectivity index (χ0n) is 23.3. The van der Waals surface area contributed by atoms with Crippen LogP contribution in [0.4, 0.5) is 21.8 Å². The van der Waals surface area contributed by atoms with E-state index in [1.807, 2.05) is 37.4 Å². The van der Waals surface area contributed by atoms with Crippen LogP contribution in [0.3, 0.4) is 0 Å². The number of piperidine rings is 1. The molecule has 0 radical (unpaired) electrons. The molecule has 0 saturated carbocycles. The maximum absolute atomic E-state index is 14.9. The highest BCUT2D eigenvalue weighted by Gasteiger charge is 2.40. The minimum atomic E-state index is -0.469. The molecule has 6 rings (SSSR count). The smallest absolute Gasteiger partial charge is 0.229 e. The Morgan fingerprint density at radius 3 is 2.51 bits per heavy atom. The highest BCUT2D eigenvalue weighted by molar-refractivity contribution is 5.82. The number of nitrogens with zero attached hydrogens (tertiary/aromatic N) is 7. The molecule has 0 unspecified atom stereocenters. The minimum Gasteiger partial charge on any atom is -0.370 e. The van der Waals surface area contributed by atoms with E-state index in [2.05, 4.69) is 66.5 Å². The number of nitrogens with one attached hydrogen (secondary N) is 1. The number of imidazole rings is 1. The molecule has 2 fully saturated rings. The van der Waals surface area contributed by atoms with Gasteiger partial charge in [0.15, 0.2) is 5.82 Å². The monoisotopic (exact) mass is 528 g/mol. The minimum absolute atomic E-state index is 0.243. The van der Waals surface area contributed by atoms with Crippen LogP contribution in [-0.4, -0.2) is 62.1 Å². The summed E-state index contributed by atoms with van der Waals surface area (Å²) < 4.78 is 17.0. The third-order valence-corrected chi connectivity index (χ3v) is 8.55. The number of rotatable bonds is 6. The molecule has 4 aromatic rings. The van der Waals surface area contributed by atoms with Crippen molar-refractivity contribution >= 4 is 28.5 Å². The Morgan fingerprint density at radius 2 is 1.79 bits per heavy atom. The molecule has 39 heavy (non-hydrogen) atoms. The van der Waals surface area contributed by atoms with Gasteiger partial charge in [0.1, 0.15) is 17.3 Å². The molecule has 2 saturated heterocycles. The summed E-state index contributed by atoms with van der Waals surface area (Å²) in [5.41, 5.74) is 4.36. The lowest BCUT2D eigenvalue weighted by Gasteiger charge is -2.39. The highest BCUT2D eigenvalue weighted by atomic mass is 19.1. The summed E-state index contributed by atoms with van der Waals surface area (Å²) in [5.74, 6) is 1.40. The number of halogens is 1. The van der Waals surface area contributed by atoms with E-state index in [1.165, 1.54) is 38.5 Å². The molecule has 2 aliphatic heterocycles. The van der Waals surface area contributed by atoms with Gasteiger partial charge in [-0.05, 0) is 89.3 Å². The molecular formula is C30H37FN8. The highest BCUT2D eigenvalue weighted by Crippen LogP contribution is 2.41. The standard InChI is InChI=1S/C30H37FN8/c1-5-37-13-10-30(11-14-37)12-15-38(19-30)23-7-9-27(32-17-23)35-29-33-18-24(31)28(36-29)22-6-8-25-26(16-22)39(20(2)3)21(4)34-25/h6-9,16-18,20H,5,10-15,19H2,1-4H3,(H,32,33,35,36). The zero-order chi connectivity index (χ0) is 27.1. The molecule has 204 valence electrons. The van der Waals surface area contributed by atoms with Crippen LogP contribution in [-0.2, 0) is 0 Å². The molecule has 1 spiro atoms. The number of hydrogen-bond acceptors (Lipinski definition) is 7. The van der Waals surface area contributed by atoms with Gasteiger partial charge in [0, 0.05) is 24.7 Å². The number of aromatic nitrogens is 5. The van der Waals surface area contributed by atoms with E-state index in [-0.39, 0.29) is 11.7 Å². The Labute approximate surface area is 229 Å². The van der Waals surface area contributed by atoms with Gasteiger partial charge in [0.2, 0.25) is 5.95 Å². The zero-order valence-corrected chi connectivity index (χ0v) is 23.3. The van der Waals surface area contributed by atoms with Crippen LogP contribution in [0.15, 0.2) is 42.7 Å². The first kappa shape index (κ1) is 25.7. The molecular weight excluding hydrogens is 491 g/mol. The normalized spacial score (nSPS) is 17.5. The van der Waals surface area contributed by atoms with Gasteiger partial charge < -0.3 is 19.7 Å². The van der Waals surface area contributed by atoms with Crippen molar-refractivity contribution in [3.05, 3.63) is 54.4 Å². The summed E-state index contributed by atoms with van der Waals surface area (Å²) in [5, 5.41) is 3.16. The molecule has 0 aliphatic carbocycles. The van der Waals surface area contributed by atoms with Gasteiger partial charge in [0.05, 0.1) is 29.1 Å². The van der Waals surface area contributed by atoms with Crippen molar-refractivity contribution in [2.24, 2.45) is 5.41 Å². The van der Waals surface area contributed by atoms with Gasteiger partial charge >= 0.3 is 0 Å². The molecule has 0 bridgehead atoms. The van der Waals surface area contributed by atoms with Crippen molar-refractivity contribution in [3.8, 4) is 11.3 Å². The first-order valence-corrected chi connectivity index (χ1v) is 14.1. The third kappa shape index (κ3) is 4.95. The lowest BCUT2D eigenvalue weighted by Crippen LogP contribution is -2.41. The lowest BCUT2D eigenvalue weighted by atomic mass is 9.78. The number of fused-ring (bicyclic) bond motifs is 1. The quantitative estimate of drug-likeness (QED) is 0.330. The SMILES string of the molecule is CCN1CCC2(CC1)CCN(c1ccc(Nc3ncc(F)c(-c4ccc5nc(C)n(C(C)C)c5c4)n3)nc1)C2. The fourth-order valence-corrected chi connectivity index (χ4v) is 6.31. The molecule has 9 heteroatoms. The van der Waals surface area contributed by atoms with E-state index >= 15 is 0 Å². The summed E-state index contributed by atoms with van der Waals surface area (Å²) in [6, 6.07) is 10.0. The Morgan fingerprint density at radius 1 is 1.00 bits per heavy atom. The summed E-state index contributed by atoms with van der Waals surface area (Å²) in [6.07, 6.45) is 6.93. The number of aryl methyl sites for hydroxylation is 1. The second-order valence-electron chi connectivity index (χ2n) is 11.3. The van der Waals surface area contributed by atoms with Crippen LogP contribution in [0.25, 0.3) is 22.3 Å². The fourth-order valence-electron chi connectivity index (χ4n) is 6.31. The van der Waals surface area contributed by atoms with Gasteiger partial charge in [-0.1, -0.05) is 13.0 Å². The predicted octanol–water partition coefficient (Wildman–Crippen LogP) is 5.97. The van der Waals surface area contributed by atoms with Crippen molar-refractivity contribution in [1.29, 1.82) is 0 Å². The maximum Gasteiger partial charge on any atom is 0.229 e. The van der Waals surface area contributed by atoms with Crippen LogP contribution in [0.5, 0.6) is 0 Å². The second kappa shape index (κ2) is 10.2. The van der Waals surface area contributed by atoms with Gasteiger partial charge in [-0.25, -0.2) is 24.3 Å². The summed E-state index contributed by atoms with van der Waals surface area (Å²) in [7, 11) is 0. The van der Waals surface area contributed by atoms with Crippen molar-refractivity contribution < 1.29 is 4.39 Å². The number of benzene rings is 1. The number of likely N-dealkylation sites (tertiary alicyclic amines) is 1. The predicted molar refractivity (Wildman–Crippen MR) is 154 cm³/mol. The molecule has 3 aromatic heterocycles. The van der Waals surface area contributed by atoms with Crippen LogP contribution in [0.2, 0.25) is 0 Å². The summed E-state index contributed by atoms with van der Waals surface area (Å²) in [6.45, 7) is 14.2. The Bertz CT molecular complexity index is 1470. The van der Waals surface area contributed by atoms with E-state index < -0.39 is 5.82 Å². The second-order valence-corrected chi connectivity index (χ2v) is 11.3. The lowest BCUT2D eigenvalue weighted by molar-refractivity contribution is 0.125. The van der Waals surface area contributed by atoms with Crippen LogP contribution < -0.4 is 10.2 Å². The molecule has 1 aromatic carbocycles. The third-order valence-electron chi connectivity index (χ3n) is 8.55. The molecule has 5 heterocycles. The van der Waals surface area contributed by atoms with E-state index in [1.54, 1.807) is 0 Å².